The first kappa shape index (κ1) is 29.5. The van der Waals surface area contributed by atoms with Crippen LogP contribution in [0.2, 0.25) is 0 Å². The Hall–Kier alpha value is -3.97. The number of benzene rings is 2. The molecule has 1 amide bonds. The summed E-state index contributed by atoms with van der Waals surface area (Å²) in [7, 11) is 0. The van der Waals surface area contributed by atoms with Gasteiger partial charge in [0.05, 0.1) is 0 Å². The van der Waals surface area contributed by atoms with Crippen molar-refractivity contribution in [2.75, 3.05) is 0 Å². The number of aliphatic carboxylic acids is 1. The van der Waals surface area contributed by atoms with Crippen LogP contribution in [-0.4, -0.2) is 28.0 Å². The van der Waals surface area contributed by atoms with E-state index in [1.165, 1.54) is 29.7 Å². The number of hydrogen-bond acceptors (Lipinski definition) is 5. The lowest BCUT2D eigenvalue weighted by atomic mass is 9.87. The topological polar surface area (TPSA) is 88.5 Å². The fraction of sp³-hybridized carbons (Fsp3) is 0.343. The number of hydrogen-bond donors (Lipinski definition) is 2. The number of carboxylic acid groups (broad SMARTS) is 1. The van der Waals surface area contributed by atoms with Gasteiger partial charge in [-0.2, -0.15) is 0 Å². The number of thiophene rings is 1. The lowest BCUT2D eigenvalue weighted by Crippen LogP contribution is -2.42. The average Bonchev–Trinajstić information content (AvgIpc) is 3.64. The SMILES string of the molecule is C=Cc1ccc(C[C@H](NC(=O)c2cc3ccc(Oc4ccc(C(C)(C)C)cc4)cc3c(CC3CCCC3)n2)C(=O)O)s1. The highest BCUT2D eigenvalue weighted by Crippen LogP contribution is 2.33. The smallest absolute Gasteiger partial charge is 0.326 e. The second-order valence-corrected chi connectivity index (χ2v) is 13.3. The molecular formula is C35H38N2O4S. The third-order valence-electron chi connectivity index (χ3n) is 7.92. The van der Waals surface area contributed by atoms with Gasteiger partial charge in [0.25, 0.3) is 5.91 Å². The highest BCUT2D eigenvalue weighted by atomic mass is 32.1. The third kappa shape index (κ3) is 7.08. The Balaban J connectivity index is 1.41. The van der Waals surface area contributed by atoms with Crippen LogP contribution < -0.4 is 10.1 Å². The maximum atomic E-state index is 13.4. The van der Waals surface area contributed by atoms with Crippen molar-refractivity contribution in [1.29, 1.82) is 0 Å². The molecule has 0 spiro atoms. The number of pyridine rings is 1. The Morgan fingerprint density at radius 3 is 2.43 bits per heavy atom. The van der Waals surface area contributed by atoms with Crippen LogP contribution in [0.5, 0.6) is 11.5 Å². The zero-order valence-electron chi connectivity index (χ0n) is 24.5. The summed E-state index contributed by atoms with van der Waals surface area (Å²) in [5, 5.41) is 14.4. The third-order valence-corrected chi connectivity index (χ3v) is 9.02. The van der Waals surface area contributed by atoms with Gasteiger partial charge in [0.2, 0.25) is 0 Å². The van der Waals surface area contributed by atoms with Crippen LogP contribution in [0.3, 0.4) is 0 Å². The number of nitrogens with one attached hydrogen (secondary N) is 1. The Morgan fingerprint density at radius 2 is 1.79 bits per heavy atom. The summed E-state index contributed by atoms with van der Waals surface area (Å²) in [6, 6.07) is 18.5. The van der Waals surface area contributed by atoms with E-state index >= 15 is 0 Å². The van der Waals surface area contributed by atoms with Crippen molar-refractivity contribution >= 4 is 40.1 Å². The molecule has 1 aliphatic rings. The van der Waals surface area contributed by atoms with E-state index in [1.54, 1.807) is 12.1 Å². The van der Waals surface area contributed by atoms with Crippen LogP contribution >= 0.6 is 11.3 Å². The summed E-state index contributed by atoms with van der Waals surface area (Å²) in [6.07, 6.45) is 7.39. The number of fused-ring (bicyclic) bond motifs is 1. The molecule has 7 heteroatoms. The molecule has 0 radical (unpaired) electrons. The summed E-state index contributed by atoms with van der Waals surface area (Å²) in [4.78, 5) is 32.1. The lowest BCUT2D eigenvalue weighted by molar-refractivity contribution is -0.139. The second-order valence-electron chi connectivity index (χ2n) is 12.1. The van der Waals surface area contributed by atoms with E-state index in [1.807, 2.05) is 42.5 Å². The molecule has 2 heterocycles. The molecule has 218 valence electrons. The minimum Gasteiger partial charge on any atom is -0.480 e. The molecule has 4 aromatic rings. The van der Waals surface area contributed by atoms with Gasteiger partial charge in [-0.3, -0.25) is 4.79 Å². The van der Waals surface area contributed by atoms with Crippen molar-refractivity contribution < 1.29 is 19.4 Å². The van der Waals surface area contributed by atoms with E-state index in [-0.39, 0.29) is 17.5 Å². The minimum absolute atomic E-state index is 0.0652. The zero-order valence-corrected chi connectivity index (χ0v) is 25.3. The first-order valence-electron chi connectivity index (χ1n) is 14.6. The molecule has 1 saturated carbocycles. The Bertz CT molecular complexity index is 1590. The number of amides is 1. The molecule has 0 saturated heterocycles. The van der Waals surface area contributed by atoms with Gasteiger partial charge >= 0.3 is 5.97 Å². The summed E-state index contributed by atoms with van der Waals surface area (Å²) in [5.41, 5.74) is 2.38. The van der Waals surface area contributed by atoms with Crippen molar-refractivity contribution in [2.24, 2.45) is 5.92 Å². The van der Waals surface area contributed by atoms with Crippen LogP contribution in [0, 0.1) is 5.92 Å². The maximum Gasteiger partial charge on any atom is 0.326 e. The van der Waals surface area contributed by atoms with Gasteiger partial charge in [-0.15, -0.1) is 11.3 Å². The monoisotopic (exact) mass is 582 g/mol. The Labute approximate surface area is 251 Å². The fourth-order valence-electron chi connectivity index (χ4n) is 5.53. The van der Waals surface area contributed by atoms with E-state index < -0.39 is 17.9 Å². The normalized spacial score (nSPS) is 14.5. The molecular weight excluding hydrogens is 544 g/mol. The molecule has 2 aromatic heterocycles. The van der Waals surface area contributed by atoms with Crippen molar-refractivity contribution in [3.8, 4) is 11.5 Å². The quantitative estimate of drug-likeness (QED) is 0.197. The van der Waals surface area contributed by atoms with Gasteiger partial charge in [-0.1, -0.05) is 77.3 Å². The molecule has 2 aromatic carbocycles. The van der Waals surface area contributed by atoms with E-state index in [4.69, 9.17) is 9.72 Å². The molecule has 2 N–H and O–H groups in total. The van der Waals surface area contributed by atoms with Crippen LogP contribution in [0.4, 0.5) is 0 Å². The summed E-state index contributed by atoms with van der Waals surface area (Å²) >= 11 is 1.47. The van der Waals surface area contributed by atoms with E-state index in [0.29, 0.717) is 11.7 Å². The zero-order chi connectivity index (χ0) is 29.9. The van der Waals surface area contributed by atoms with Gasteiger partial charge in [0.15, 0.2) is 0 Å². The number of nitrogens with zero attached hydrogens (tertiary/aromatic N) is 1. The standard InChI is InChI=1S/C35H38N2O4S/c1-5-27-16-17-28(42-27)21-32(34(39)40)37-33(38)31-19-23-10-13-26(41-25-14-11-24(12-15-25)35(2,3)4)20-29(23)30(36-31)18-22-8-6-7-9-22/h5,10-17,19-20,22,32H,1,6-9,18,21H2,2-4H3,(H,37,38)(H,39,40)/t32-/m0/s1. The van der Waals surface area contributed by atoms with Gasteiger partial charge in [-0.25, -0.2) is 9.78 Å². The average molecular weight is 583 g/mol. The maximum absolute atomic E-state index is 13.4. The van der Waals surface area contributed by atoms with Crippen LogP contribution in [-0.2, 0) is 23.1 Å². The number of carbonyl (C=O) groups is 2. The molecule has 1 aliphatic carbocycles. The molecule has 1 fully saturated rings. The number of carboxylic acids is 1. The highest BCUT2D eigenvalue weighted by molar-refractivity contribution is 7.12. The van der Waals surface area contributed by atoms with Crippen LogP contribution in [0.25, 0.3) is 16.8 Å². The fourth-order valence-corrected chi connectivity index (χ4v) is 6.43. The molecule has 1 atom stereocenters. The lowest BCUT2D eigenvalue weighted by Gasteiger charge is -2.19. The van der Waals surface area contributed by atoms with E-state index in [0.717, 1.165) is 51.2 Å². The van der Waals surface area contributed by atoms with Crippen molar-refractivity contribution in [3.05, 3.63) is 93.9 Å². The highest BCUT2D eigenvalue weighted by Gasteiger charge is 2.24. The van der Waals surface area contributed by atoms with Crippen LogP contribution in [0.1, 0.15) is 78.0 Å². The Kier molecular flexibility index (Phi) is 8.78. The van der Waals surface area contributed by atoms with E-state index in [9.17, 15) is 14.7 Å². The first-order chi connectivity index (χ1) is 20.1. The molecule has 42 heavy (non-hydrogen) atoms. The summed E-state index contributed by atoms with van der Waals surface area (Å²) in [6.45, 7) is 10.3. The summed E-state index contributed by atoms with van der Waals surface area (Å²) < 4.78 is 6.22. The van der Waals surface area contributed by atoms with Crippen molar-refractivity contribution in [2.45, 2.75) is 70.8 Å². The predicted molar refractivity (Wildman–Crippen MR) is 170 cm³/mol. The second kappa shape index (κ2) is 12.5. The molecule has 0 aliphatic heterocycles. The van der Waals surface area contributed by atoms with Crippen molar-refractivity contribution in [1.82, 2.24) is 10.3 Å². The predicted octanol–water partition coefficient (Wildman–Crippen LogP) is 8.19. The van der Waals surface area contributed by atoms with Gasteiger partial charge < -0.3 is 15.2 Å². The van der Waals surface area contributed by atoms with E-state index in [2.05, 4.69) is 44.8 Å². The number of rotatable bonds is 10. The number of carbonyl (C=O) groups excluding carboxylic acids is 1. The molecule has 5 rings (SSSR count). The largest absolute Gasteiger partial charge is 0.480 e. The van der Waals surface area contributed by atoms with Gasteiger partial charge in [0, 0.05) is 27.3 Å². The molecule has 0 unspecified atom stereocenters. The first-order valence-corrected chi connectivity index (χ1v) is 15.4. The van der Waals surface area contributed by atoms with Crippen LogP contribution in [0.15, 0.2) is 67.2 Å². The number of ether oxygens (including phenoxy) is 1. The van der Waals surface area contributed by atoms with Gasteiger partial charge in [-0.05, 0) is 71.2 Å². The minimum atomic E-state index is -1.08. The molecule has 6 nitrogen and oxygen atoms in total. The Morgan fingerprint density at radius 1 is 1.07 bits per heavy atom. The summed E-state index contributed by atoms with van der Waals surface area (Å²) in [5.74, 6) is 0.406. The van der Waals surface area contributed by atoms with Crippen molar-refractivity contribution in [3.63, 3.8) is 0 Å². The molecule has 0 bridgehead atoms. The number of aromatic nitrogens is 1. The van der Waals surface area contributed by atoms with Gasteiger partial charge in [0.1, 0.15) is 23.2 Å².